The van der Waals surface area contributed by atoms with Crippen LogP contribution in [0, 0.1) is 0 Å². The van der Waals surface area contributed by atoms with Gasteiger partial charge in [0.2, 0.25) is 10.6 Å². The average molecular weight is 428 g/mol. The lowest BCUT2D eigenvalue weighted by molar-refractivity contribution is -0.143. The van der Waals surface area contributed by atoms with Gasteiger partial charge in [-0.25, -0.2) is 4.79 Å². The van der Waals surface area contributed by atoms with Crippen molar-refractivity contribution in [1.29, 1.82) is 0 Å². The van der Waals surface area contributed by atoms with Crippen LogP contribution < -0.4 is 15.2 Å². The van der Waals surface area contributed by atoms with Crippen LogP contribution in [0.5, 0.6) is 5.75 Å². The first-order valence-electron chi connectivity index (χ1n) is 9.07. The van der Waals surface area contributed by atoms with Gasteiger partial charge in [0.25, 0.3) is 0 Å². The second-order valence-electron chi connectivity index (χ2n) is 6.92. The highest BCUT2D eigenvalue weighted by molar-refractivity contribution is 7.16. The van der Waals surface area contributed by atoms with E-state index in [9.17, 15) is 9.59 Å². The van der Waals surface area contributed by atoms with Crippen molar-refractivity contribution in [3.05, 3.63) is 85.7 Å². The maximum Gasteiger partial charge on any atom is 0.340 e. The fraction of sp³-hybridized carbons (Fsp3) is 0.182. The number of fused-ring (bicyclic) bond motifs is 3. The molecule has 3 aromatic rings. The molecule has 148 valence electrons. The summed E-state index contributed by atoms with van der Waals surface area (Å²) in [7, 11) is 0. The lowest BCUT2D eigenvalue weighted by Crippen LogP contribution is -2.31. The molecule has 1 atom stereocenters. The van der Waals surface area contributed by atoms with Gasteiger partial charge >= 0.3 is 5.97 Å². The number of halogens is 1. The van der Waals surface area contributed by atoms with Gasteiger partial charge in [-0.1, -0.05) is 53.3 Å². The lowest BCUT2D eigenvalue weighted by Gasteiger charge is -2.29. The SMILES string of the molecule is CC(C)OC(=O)C1=C(N)Oc2c(c(=O)sc3ccccc23)C1c1ccccc1Cl. The summed E-state index contributed by atoms with van der Waals surface area (Å²) in [4.78, 5) is 26.1. The van der Waals surface area contributed by atoms with Crippen molar-refractivity contribution in [2.45, 2.75) is 25.9 Å². The van der Waals surface area contributed by atoms with Gasteiger partial charge in [0.15, 0.2) is 0 Å². The van der Waals surface area contributed by atoms with E-state index in [0.29, 0.717) is 21.9 Å². The maximum atomic E-state index is 13.1. The smallest absolute Gasteiger partial charge is 0.340 e. The van der Waals surface area contributed by atoms with Crippen LogP contribution >= 0.6 is 22.9 Å². The zero-order valence-corrected chi connectivity index (χ0v) is 17.3. The summed E-state index contributed by atoms with van der Waals surface area (Å²) in [6, 6.07) is 14.5. The van der Waals surface area contributed by atoms with Crippen molar-refractivity contribution >= 4 is 39.0 Å². The lowest BCUT2D eigenvalue weighted by atomic mass is 9.83. The van der Waals surface area contributed by atoms with Crippen molar-refractivity contribution in [3.8, 4) is 5.75 Å². The first-order valence-corrected chi connectivity index (χ1v) is 10.3. The fourth-order valence-electron chi connectivity index (χ4n) is 3.46. The highest BCUT2D eigenvalue weighted by atomic mass is 35.5. The summed E-state index contributed by atoms with van der Waals surface area (Å²) in [5.74, 6) is -1.15. The molecule has 2 N–H and O–H groups in total. The molecule has 4 rings (SSSR count). The third-order valence-electron chi connectivity index (χ3n) is 4.63. The van der Waals surface area contributed by atoms with E-state index in [4.69, 9.17) is 26.8 Å². The molecule has 0 amide bonds. The molecule has 1 aliphatic rings. The molecule has 0 spiro atoms. The van der Waals surface area contributed by atoms with Crippen LogP contribution in [-0.2, 0) is 9.53 Å². The molecular weight excluding hydrogens is 410 g/mol. The Hall–Kier alpha value is -2.83. The molecule has 0 saturated carbocycles. The third kappa shape index (κ3) is 3.39. The predicted octanol–water partition coefficient (Wildman–Crippen LogP) is 4.56. The summed E-state index contributed by atoms with van der Waals surface area (Å²) in [5.41, 5.74) is 7.22. The number of rotatable bonds is 3. The number of benzene rings is 2. The maximum absolute atomic E-state index is 13.1. The quantitative estimate of drug-likeness (QED) is 0.620. The van der Waals surface area contributed by atoms with Crippen LogP contribution in [0.3, 0.4) is 0 Å². The Bertz CT molecular complexity index is 1210. The van der Waals surface area contributed by atoms with E-state index in [1.54, 1.807) is 38.1 Å². The number of nitrogens with two attached hydrogens (primary N) is 1. The van der Waals surface area contributed by atoms with E-state index in [-0.39, 0.29) is 22.3 Å². The predicted molar refractivity (Wildman–Crippen MR) is 114 cm³/mol. The van der Waals surface area contributed by atoms with Crippen LogP contribution in [0.1, 0.15) is 30.9 Å². The van der Waals surface area contributed by atoms with Gasteiger partial charge in [-0.2, -0.15) is 0 Å². The van der Waals surface area contributed by atoms with Crippen LogP contribution in [0.2, 0.25) is 5.02 Å². The zero-order chi connectivity index (χ0) is 20.7. The Kier molecular flexibility index (Phi) is 5.06. The molecule has 1 aliphatic heterocycles. The van der Waals surface area contributed by atoms with Crippen molar-refractivity contribution in [1.82, 2.24) is 0 Å². The van der Waals surface area contributed by atoms with Gasteiger partial charge in [-0.3, -0.25) is 4.79 Å². The molecule has 0 radical (unpaired) electrons. The molecule has 29 heavy (non-hydrogen) atoms. The van der Waals surface area contributed by atoms with Crippen LogP contribution in [-0.4, -0.2) is 12.1 Å². The number of carbonyl (C=O) groups is 1. The molecule has 1 unspecified atom stereocenters. The summed E-state index contributed by atoms with van der Waals surface area (Å²) in [6.45, 7) is 3.48. The normalized spacial score (nSPS) is 15.9. The van der Waals surface area contributed by atoms with Gasteiger partial charge in [0.05, 0.1) is 17.6 Å². The summed E-state index contributed by atoms with van der Waals surface area (Å²) in [6.07, 6.45) is -0.359. The second-order valence-corrected chi connectivity index (χ2v) is 8.34. The minimum absolute atomic E-state index is 0.0823. The Labute approximate surface area is 176 Å². The summed E-state index contributed by atoms with van der Waals surface area (Å²) >= 11 is 7.56. The molecule has 2 aromatic carbocycles. The van der Waals surface area contributed by atoms with Crippen LogP contribution in [0.15, 0.2) is 64.8 Å². The molecular formula is C22H18ClNO4S. The Morgan fingerprint density at radius 2 is 1.86 bits per heavy atom. The summed E-state index contributed by atoms with van der Waals surface area (Å²) < 4.78 is 11.8. The van der Waals surface area contributed by atoms with Crippen molar-refractivity contribution in [2.75, 3.05) is 0 Å². The van der Waals surface area contributed by atoms with E-state index in [1.807, 2.05) is 24.3 Å². The molecule has 7 heteroatoms. The minimum atomic E-state index is -0.785. The zero-order valence-electron chi connectivity index (χ0n) is 15.8. The van der Waals surface area contributed by atoms with Gasteiger partial charge in [0, 0.05) is 15.1 Å². The number of ether oxygens (including phenoxy) is 2. The van der Waals surface area contributed by atoms with E-state index >= 15 is 0 Å². The van der Waals surface area contributed by atoms with Crippen LogP contribution in [0.4, 0.5) is 0 Å². The second kappa shape index (κ2) is 7.54. The monoisotopic (exact) mass is 427 g/mol. The molecule has 2 heterocycles. The Balaban J connectivity index is 2.05. The number of carbonyl (C=O) groups excluding carboxylic acids is 1. The van der Waals surface area contributed by atoms with Crippen molar-refractivity contribution in [2.24, 2.45) is 5.73 Å². The average Bonchev–Trinajstić information content (AvgIpc) is 2.67. The highest BCUT2D eigenvalue weighted by Crippen LogP contribution is 2.46. The highest BCUT2D eigenvalue weighted by Gasteiger charge is 2.39. The Morgan fingerprint density at radius 3 is 2.59 bits per heavy atom. The molecule has 0 saturated heterocycles. The minimum Gasteiger partial charge on any atom is -0.459 e. The standard InChI is InChI=1S/C22H18ClNO4S/c1-11(2)27-21(25)18-16(12-7-3-5-9-14(12)23)17-19(28-20(18)24)13-8-4-6-10-15(13)29-22(17)26/h3-11,16H,24H2,1-2H3. The van der Waals surface area contributed by atoms with Gasteiger partial charge in [-0.15, -0.1) is 0 Å². The third-order valence-corrected chi connectivity index (χ3v) is 5.96. The molecule has 5 nitrogen and oxygen atoms in total. The van der Waals surface area contributed by atoms with E-state index in [2.05, 4.69) is 0 Å². The first-order chi connectivity index (χ1) is 13.9. The van der Waals surface area contributed by atoms with E-state index in [1.165, 1.54) is 0 Å². The van der Waals surface area contributed by atoms with E-state index in [0.717, 1.165) is 21.4 Å². The molecule has 0 fully saturated rings. The fourth-order valence-corrected chi connectivity index (χ4v) is 4.64. The van der Waals surface area contributed by atoms with Crippen molar-refractivity contribution in [3.63, 3.8) is 0 Å². The number of hydrogen-bond acceptors (Lipinski definition) is 6. The number of hydrogen-bond donors (Lipinski definition) is 1. The largest absolute Gasteiger partial charge is 0.459 e. The molecule has 0 aliphatic carbocycles. The molecule has 0 bridgehead atoms. The van der Waals surface area contributed by atoms with Gasteiger partial charge in [0.1, 0.15) is 11.3 Å². The topological polar surface area (TPSA) is 78.6 Å². The van der Waals surface area contributed by atoms with E-state index < -0.39 is 11.9 Å². The van der Waals surface area contributed by atoms with Crippen molar-refractivity contribution < 1.29 is 14.3 Å². The Morgan fingerprint density at radius 1 is 1.17 bits per heavy atom. The first kappa shape index (κ1) is 19.5. The van der Waals surface area contributed by atoms with Gasteiger partial charge < -0.3 is 15.2 Å². The molecule has 1 aromatic heterocycles. The summed E-state index contributed by atoms with van der Waals surface area (Å²) in [5, 5.41) is 1.17. The van der Waals surface area contributed by atoms with Crippen LogP contribution in [0.25, 0.3) is 10.1 Å². The van der Waals surface area contributed by atoms with Gasteiger partial charge in [-0.05, 0) is 37.6 Å². The number of esters is 1.